The minimum atomic E-state index is -1.75. The molecule has 0 spiro atoms. The van der Waals surface area contributed by atoms with Gasteiger partial charge in [0.05, 0.1) is 0 Å². The second-order valence-electron chi connectivity index (χ2n) is 16.8. The second-order valence-corrected chi connectivity index (χ2v) is 16.8. The van der Waals surface area contributed by atoms with Crippen molar-refractivity contribution in [1.29, 1.82) is 0 Å². The van der Waals surface area contributed by atoms with Gasteiger partial charge >= 0.3 is 0 Å². The second kappa shape index (κ2) is 32.4. The van der Waals surface area contributed by atoms with Crippen molar-refractivity contribution < 1.29 is 54.4 Å². The maximum Gasteiger partial charge on any atom is 0.220 e. The molecule has 13 nitrogen and oxygen atoms in total. The quantitative estimate of drug-likeness (QED) is 0.0364. The first-order valence-electron chi connectivity index (χ1n) is 23.2. The Kier molecular flexibility index (Phi) is 29.4. The van der Waals surface area contributed by atoms with E-state index in [1.54, 1.807) is 0 Å². The topological polar surface area (TPSA) is 207 Å². The highest BCUT2D eigenvalue weighted by Crippen LogP contribution is 2.28. The number of nitrogens with one attached hydrogen (secondary N) is 2. The highest BCUT2D eigenvalue weighted by molar-refractivity contribution is 5.76. The van der Waals surface area contributed by atoms with Crippen molar-refractivity contribution in [3.8, 4) is 0 Å². The van der Waals surface area contributed by atoms with E-state index in [1.807, 2.05) is 0 Å². The number of ether oxygens (including phenoxy) is 3. The number of rotatable bonds is 34. The summed E-state index contributed by atoms with van der Waals surface area (Å²) in [4.78, 5) is 25.1. The summed E-state index contributed by atoms with van der Waals surface area (Å²) in [6.07, 6.45) is 16.4. The van der Waals surface area contributed by atoms with Gasteiger partial charge in [-0.2, -0.15) is 0 Å². The average molecular weight is 817 g/mol. The molecule has 2 aliphatic rings. The number of hydrogen-bond donors (Lipinski definition) is 8. The molecule has 0 aliphatic carbocycles. The van der Waals surface area contributed by atoms with Gasteiger partial charge in [0.1, 0.15) is 48.8 Å². The van der Waals surface area contributed by atoms with Gasteiger partial charge < -0.3 is 55.5 Å². The molecule has 2 heterocycles. The normalized spacial score (nSPS) is 27.7. The number of amides is 2. The molecule has 8 N–H and O–H groups in total. The number of carbonyl (C=O) groups is 2. The zero-order chi connectivity index (χ0) is 41.7. The molecule has 2 fully saturated rings. The fourth-order valence-corrected chi connectivity index (χ4v) is 7.74. The smallest absolute Gasteiger partial charge is 0.220 e. The third-order valence-corrected chi connectivity index (χ3v) is 11.6. The molecule has 336 valence electrons. The average Bonchev–Trinajstić information content (AvgIpc) is 3.20. The maximum atomic E-state index is 12.5. The van der Waals surface area contributed by atoms with Crippen LogP contribution in [0.4, 0.5) is 0 Å². The molecule has 0 saturated carbocycles. The lowest BCUT2D eigenvalue weighted by Crippen LogP contribution is -2.64. The predicted molar refractivity (Wildman–Crippen MR) is 221 cm³/mol. The van der Waals surface area contributed by atoms with Crippen molar-refractivity contribution >= 4 is 11.8 Å². The first-order valence-corrected chi connectivity index (χ1v) is 23.2. The van der Waals surface area contributed by atoms with E-state index in [0.29, 0.717) is 12.8 Å². The van der Waals surface area contributed by atoms with Crippen molar-refractivity contribution in [3.63, 3.8) is 0 Å². The van der Waals surface area contributed by atoms with Crippen LogP contribution in [0.25, 0.3) is 0 Å². The number of hydrogen-bond acceptors (Lipinski definition) is 11. The van der Waals surface area contributed by atoms with Crippen LogP contribution in [0, 0.1) is 0 Å². The number of aliphatic hydroxyl groups is 6. The van der Waals surface area contributed by atoms with Gasteiger partial charge in [-0.1, -0.05) is 168 Å². The fourth-order valence-electron chi connectivity index (χ4n) is 7.74. The van der Waals surface area contributed by atoms with Crippen molar-refractivity contribution in [3.05, 3.63) is 0 Å². The molecule has 0 unspecified atom stereocenters. The molecule has 0 aromatic heterocycles. The Morgan fingerprint density at radius 3 is 0.947 bits per heavy atom. The van der Waals surface area contributed by atoms with Crippen LogP contribution in [0.15, 0.2) is 0 Å². The van der Waals surface area contributed by atoms with Crippen molar-refractivity contribution in [2.45, 2.75) is 255 Å². The van der Waals surface area contributed by atoms with Crippen LogP contribution >= 0.6 is 0 Å². The number of aliphatic hydroxyl groups excluding tert-OH is 6. The first-order chi connectivity index (χ1) is 27.6. The summed E-state index contributed by atoms with van der Waals surface area (Å²) < 4.78 is 17.1. The molecule has 57 heavy (non-hydrogen) atoms. The van der Waals surface area contributed by atoms with Crippen molar-refractivity contribution in [2.75, 3.05) is 13.1 Å². The van der Waals surface area contributed by atoms with E-state index < -0.39 is 61.4 Å². The summed E-state index contributed by atoms with van der Waals surface area (Å²) >= 11 is 0. The van der Waals surface area contributed by atoms with E-state index in [2.05, 4.69) is 24.5 Å². The van der Waals surface area contributed by atoms with E-state index in [1.165, 1.54) is 116 Å². The standard InChI is InChI=1S/C44H84N2O11/c1-3-5-7-9-11-13-15-17-19-21-23-25-27-29-35(47)45-31-33-37(49)39(51)41(53)43(55-33)57-44-42(54)40(52)38(50)34(56-44)32-46-36(48)30-28-26-24-22-20-18-16-14-12-10-8-6-4-2/h33-34,37-44,49-54H,3-32H2,1-2H3,(H,45,47)(H,46,48)/t33-,34-,37-,38-,39+,40+,41-,42-,43-,44-/m1/s1. The highest BCUT2D eigenvalue weighted by Gasteiger charge is 2.49. The van der Waals surface area contributed by atoms with Gasteiger partial charge in [-0.25, -0.2) is 0 Å². The van der Waals surface area contributed by atoms with Gasteiger partial charge in [0.15, 0.2) is 12.6 Å². The van der Waals surface area contributed by atoms with Gasteiger partial charge in [0.2, 0.25) is 11.8 Å². The lowest BCUT2D eigenvalue weighted by molar-refractivity contribution is -0.372. The minimum absolute atomic E-state index is 0.161. The molecule has 0 aromatic carbocycles. The number of unbranched alkanes of at least 4 members (excludes halogenated alkanes) is 24. The van der Waals surface area contributed by atoms with E-state index in [4.69, 9.17) is 14.2 Å². The Balaban J connectivity index is 1.65. The highest BCUT2D eigenvalue weighted by atomic mass is 16.8. The Morgan fingerprint density at radius 1 is 0.404 bits per heavy atom. The SMILES string of the molecule is CCCCCCCCCCCCCCCC(=O)NC[C@H]1O[C@H](O[C@H]2O[C@H](CNC(=O)CCCCCCCCCCCCCCC)[C@@H](O)[C@H](O)[C@H]2O)[C@H](O)[C@@H](O)[C@@H]1O. The minimum Gasteiger partial charge on any atom is -0.388 e. The Hall–Kier alpha value is -1.42. The summed E-state index contributed by atoms with van der Waals surface area (Å²) in [5.74, 6) is -0.455. The van der Waals surface area contributed by atoms with Crippen molar-refractivity contribution in [2.24, 2.45) is 0 Å². The molecular formula is C44H84N2O11. The van der Waals surface area contributed by atoms with Gasteiger partial charge in [0, 0.05) is 25.9 Å². The predicted octanol–water partition coefficient (Wildman–Crippen LogP) is 5.81. The lowest BCUT2D eigenvalue weighted by Gasteiger charge is -2.45. The first kappa shape index (κ1) is 51.7. The molecule has 10 atom stereocenters. The molecule has 0 aromatic rings. The Morgan fingerprint density at radius 2 is 0.667 bits per heavy atom. The molecule has 13 heteroatoms. The summed E-state index contributed by atoms with van der Waals surface area (Å²) in [6.45, 7) is 4.15. The van der Waals surface area contributed by atoms with E-state index in [9.17, 15) is 40.2 Å². The molecule has 2 rings (SSSR count). The molecular weight excluding hydrogens is 732 g/mol. The maximum absolute atomic E-state index is 12.5. The summed E-state index contributed by atoms with van der Waals surface area (Å²) in [5.41, 5.74) is 0. The Bertz CT molecular complexity index is 933. The van der Waals surface area contributed by atoms with Crippen LogP contribution in [-0.4, -0.2) is 117 Å². The van der Waals surface area contributed by atoms with Crippen LogP contribution < -0.4 is 10.6 Å². The van der Waals surface area contributed by atoms with Gasteiger partial charge in [-0.05, 0) is 12.8 Å². The van der Waals surface area contributed by atoms with Crippen LogP contribution in [0.2, 0.25) is 0 Å². The van der Waals surface area contributed by atoms with Crippen LogP contribution in [-0.2, 0) is 23.8 Å². The molecule has 2 aliphatic heterocycles. The monoisotopic (exact) mass is 817 g/mol. The zero-order valence-electron chi connectivity index (χ0n) is 35.7. The van der Waals surface area contributed by atoms with E-state index in [0.717, 1.165) is 51.4 Å². The van der Waals surface area contributed by atoms with Crippen molar-refractivity contribution in [1.82, 2.24) is 10.6 Å². The van der Waals surface area contributed by atoms with Gasteiger partial charge in [-0.15, -0.1) is 0 Å². The van der Waals surface area contributed by atoms with Gasteiger partial charge in [0.25, 0.3) is 0 Å². The zero-order valence-corrected chi connectivity index (χ0v) is 35.7. The fraction of sp³-hybridized carbons (Fsp3) is 0.955. The summed E-state index contributed by atoms with van der Waals surface area (Å²) in [5, 5.41) is 68.9. The van der Waals surface area contributed by atoms with E-state index >= 15 is 0 Å². The van der Waals surface area contributed by atoms with Crippen LogP contribution in [0.5, 0.6) is 0 Å². The summed E-state index contributed by atoms with van der Waals surface area (Å²) in [7, 11) is 0. The Labute approximate surface area is 344 Å². The molecule has 2 saturated heterocycles. The van der Waals surface area contributed by atoms with Gasteiger partial charge in [-0.3, -0.25) is 9.59 Å². The third-order valence-electron chi connectivity index (χ3n) is 11.6. The number of carbonyl (C=O) groups excluding carboxylic acids is 2. The molecule has 0 bridgehead atoms. The molecule has 2 amide bonds. The molecule has 0 radical (unpaired) electrons. The van der Waals surface area contributed by atoms with Crippen LogP contribution in [0.1, 0.15) is 194 Å². The lowest BCUT2D eigenvalue weighted by atomic mass is 9.97. The van der Waals surface area contributed by atoms with E-state index in [-0.39, 0.29) is 24.9 Å². The van der Waals surface area contributed by atoms with Crippen LogP contribution in [0.3, 0.4) is 0 Å². The third kappa shape index (κ3) is 22.1. The summed E-state index contributed by atoms with van der Waals surface area (Å²) in [6, 6.07) is 0. The largest absolute Gasteiger partial charge is 0.388 e.